The van der Waals surface area contributed by atoms with Gasteiger partial charge in [0.2, 0.25) is 35.4 Å². The van der Waals surface area contributed by atoms with Crippen LogP contribution in [0.25, 0.3) is 28.5 Å². The van der Waals surface area contributed by atoms with Gasteiger partial charge in [-0.15, -0.1) is 0 Å². The second-order valence-electron chi connectivity index (χ2n) is 22.7. The van der Waals surface area contributed by atoms with Crippen molar-refractivity contribution in [2.45, 2.75) is 119 Å². The van der Waals surface area contributed by atoms with Crippen molar-refractivity contribution < 1.29 is 33.6 Å². The lowest BCUT2D eigenvalue weighted by molar-refractivity contribution is -0.145. The molecule has 3 saturated heterocycles. The number of pyridine rings is 1. The SMILES string of the molecule is C=C1NN=C2c3cc(-c4ccccc4)c(-c4ccc(C5(NC(=O)[C@@H]6CCCN6C(=O)[C@H](Cc6cnc[nH]6)NC(=O)[C@@H]6CCCN6C(=O)[C@H](Cc6cnc[nH]6)NC(=O)[C@@H]6CCCN6C(=O)[C@@H](C)NC(=O)c6ccccc6)CCC5)cc4)nc3C=CN12. The van der Waals surface area contributed by atoms with Gasteiger partial charge in [0.15, 0.2) is 5.84 Å². The van der Waals surface area contributed by atoms with E-state index in [0.29, 0.717) is 80.7 Å². The van der Waals surface area contributed by atoms with E-state index in [2.05, 4.69) is 88.6 Å². The molecule has 6 atom stereocenters. The number of nitrogens with zero attached hydrogens (tertiary/aromatic N) is 8. The number of amides is 7. The fraction of sp³-hybridized carbons (Fsp3) is 0.349. The van der Waals surface area contributed by atoms with Gasteiger partial charge in [0, 0.05) is 84.7 Å². The standard InChI is InChI=1S/C63H67N15O7/c1-38(68-56(79)42-15-7-4-8-16-42)60(83)76-27-9-17-51(76)57(80)70-49(31-44-34-64-36-66-44)61(84)77-28-10-18-52(77)58(81)71-50(32-45-35-65-37-67-45)62(85)78-29-11-19-53(78)59(82)72-63(25-12-26-63)43-22-20-41(21-23-43)54-46(40-13-5-3-6-14-40)33-47-48(69-54)24-30-75-39(2)73-74-55(47)75/h3-8,13-16,20-24,30,33-38,49-53,73H,2,9-12,17-19,25-29,31-32H2,1H3,(H,64,66)(H,65,67)(H,68,79)(H,70,80)(H,71,81)(H,72,82)/t38-,49+,50+,51+,52+,53+/m1/s1. The number of fused-ring (bicyclic) bond motifs is 3. The molecule has 12 rings (SSSR count). The second-order valence-corrected chi connectivity index (χ2v) is 22.7. The average molecular weight is 1150 g/mol. The Labute approximate surface area is 491 Å². The van der Waals surface area contributed by atoms with Gasteiger partial charge in [0.25, 0.3) is 5.91 Å². The molecule has 0 radical (unpaired) electrons. The highest BCUT2D eigenvalue weighted by Crippen LogP contribution is 2.43. The lowest BCUT2D eigenvalue weighted by atomic mass is 9.71. The van der Waals surface area contributed by atoms with Crippen molar-refractivity contribution in [1.29, 1.82) is 0 Å². The van der Waals surface area contributed by atoms with E-state index in [-0.39, 0.29) is 31.8 Å². The third-order valence-corrected chi connectivity index (χ3v) is 17.3. The number of hydrogen-bond donors (Lipinski definition) is 7. The Kier molecular flexibility index (Phi) is 15.7. The van der Waals surface area contributed by atoms with Gasteiger partial charge in [-0.2, -0.15) is 5.10 Å². The number of likely N-dealkylation sites (tertiary alicyclic amines) is 3. The van der Waals surface area contributed by atoms with Crippen molar-refractivity contribution in [2.24, 2.45) is 5.10 Å². The maximum atomic E-state index is 15.0. The molecule has 0 bridgehead atoms. The van der Waals surface area contributed by atoms with Crippen molar-refractivity contribution in [3.8, 4) is 22.4 Å². The maximum absolute atomic E-state index is 15.0. The molecule has 6 aromatic rings. The molecule has 4 fully saturated rings. The molecule has 7 N–H and O–H groups in total. The highest BCUT2D eigenvalue weighted by molar-refractivity contribution is 6.07. The first-order valence-corrected chi connectivity index (χ1v) is 29.2. The number of nitrogens with one attached hydrogen (secondary N) is 7. The third-order valence-electron chi connectivity index (χ3n) is 17.3. The molecule has 0 spiro atoms. The number of carbonyl (C=O) groups excluding carboxylic acids is 7. The van der Waals surface area contributed by atoms with Crippen LogP contribution in [0.3, 0.4) is 0 Å². The Bertz CT molecular complexity index is 3590. The fourth-order valence-corrected chi connectivity index (χ4v) is 12.7. The van der Waals surface area contributed by atoms with Gasteiger partial charge in [-0.05, 0) is 100 Å². The second kappa shape index (κ2) is 23.9. The summed E-state index contributed by atoms with van der Waals surface area (Å²) in [6.45, 7) is 6.43. The van der Waals surface area contributed by atoms with Crippen molar-refractivity contribution in [2.75, 3.05) is 19.6 Å². The third kappa shape index (κ3) is 11.3. The molecular formula is C63H67N15O7. The smallest absolute Gasteiger partial charge is 0.251 e. The van der Waals surface area contributed by atoms with Crippen LogP contribution < -0.4 is 26.7 Å². The van der Waals surface area contributed by atoms with Gasteiger partial charge < -0.3 is 45.9 Å². The number of imidazole rings is 2. The number of H-pyrrole nitrogens is 2. The van der Waals surface area contributed by atoms with Crippen LogP contribution in [-0.4, -0.2) is 148 Å². The minimum Gasteiger partial charge on any atom is -0.348 e. The first-order chi connectivity index (χ1) is 41.3. The minimum absolute atomic E-state index is 0.0118. The van der Waals surface area contributed by atoms with E-state index < -0.39 is 77.2 Å². The highest BCUT2D eigenvalue weighted by atomic mass is 16.2. The average Bonchev–Trinajstić information content (AvgIpc) is 3.40. The Morgan fingerprint density at radius 1 is 0.647 bits per heavy atom. The van der Waals surface area contributed by atoms with Gasteiger partial charge in [0.05, 0.1) is 29.6 Å². The highest BCUT2D eigenvalue weighted by Gasteiger charge is 2.46. The number of amidine groups is 1. The van der Waals surface area contributed by atoms with Gasteiger partial charge in [-0.25, -0.2) is 15.0 Å². The maximum Gasteiger partial charge on any atom is 0.251 e. The Balaban J connectivity index is 0.729. The normalized spacial score (nSPS) is 20.3. The van der Waals surface area contributed by atoms with Gasteiger partial charge in [-0.3, -0.25) is 43.9 Å². The zero-order valence-electron chi connectivity index (χ0n) is 47.1. The number of aromatic amines is 2. The quantitative estimate of drug-likeness (QED) is 0.0621. The lowest BCUT2D eigenvalue weighted by Crippen LogP contribution is -2.60. The van der Waals surface area contributed by atoms with Crippen LogP contribution in [0, 0.1) is 0 Å². The minimum atomic E-state index is -1.16. The lowest BCUT2D eigenvalue weighted by Gasteiger charge is -2.44. The van der Waals surface area contributed by atoms with E-state index in [0.717, 1.165) is 51.5 Å². The number of benzene rings is 3. The van der Waals surface area contributed by atoms with Crippen molar-refractivity contribution in [1.82, 2.24) is 71.2 Å². The molecule has 3 aromatic carbocycles. The monoisotopic (exact) mass is 1150 g/mol. The summed E-state index contributed by atoms with van der Waals surface area (Å²) in [7, 11) is 0. The number of rotatable bonds is 18. The van der Waals surface area contributed by atoms with Crippen molar-refractivity contribution in [3.05, 3.63) is 168 Å². The topological polar surface area (TPSA) is 275 Å². The summed E-state index contributed by atoms with van der Waals surface area (Å²) in [4.78, 5) is 126. The van der Waals surface area contributed by atoms with Crippen LogP contribution in [0.5, 0.6) is 0 Å². The van der Waals surface area contributed by atoms with E-state index in [1.54, 1.807) is 54.5 Å². The molecule has 8 heterocycles. The Morgan fingerprint density at radius 3 is 1.74 bits per heavy atom. The zero-order valence-corrected chi connectivity index (χ0v) is 47.1. The Hall–Kier alpha value is -9.73. The first kappa shape index (κ1) is 55.8. The summed E-state index contributed by atoms with van der Waals surface area (Å²) in [5, 5.41) is 16.6. The molecule has 22 heteroatoms. The molecule has 6 aliphatic rings. The molecule has 3 aromatic heterocycles. The van der Waals surface area contributed by atoms with Crippen LogP contribution in [0.1, 0.15) is 103 Å². The summed E-state index contributed by atoms with van der Waals surface area (Å²) in [6, 6.07) is 23.0. The molecule has 0 unspecified atom stereocenters. The molecule has 85 heavy (non-hydrogen) atoms. The largest absolute Gasteiger partial charge is 0.348 e. The van der Waals surface area contributed by atoms with Gasteiger partial charge in [0.1, 0.15) is 42.1 Å². The van der Waals surface area contributed by atoms with Crippen molar-refractivity contribution >= 4 is 53.3 Å². The first-order valence-electron chi connectivity index (χ1n) is 29.2. The van der Waals surface area contributed by atoms with Crippen LogP contribution >= 0.6 is 0 Å². The predicted octanol–water partition coefficient (Wildman–Crippen LogP) is 4.63. The predicted molar refractivity (Wildman–Crippen MR) is 314 cm³/mol. The van der Waals surface area contributed by atoms with Crippen LogP contribution in [0.15, 0.2) is 140 Å². The number of aromatic nitrogens is 5. The summed E-state index contributed by atoms with van der Waals surface area (Å²) in [5.41, 5.74) is 10.1. The molecule has 7 amide bonds. The summed E-state index contributed by atoms with van der Waals surface area (Å²) in [6.07, 6.45) is 15.0. The molecule has 1 saturated carbocycles. The molecule has 5 aliphatic heterocycles. The summed E-state index contributed by atoms with van der Waals surface area (Å²) in [5.74, 6) is -1.79. The van der Waals surface area contributed by atoms with E-state index >= 15 is 0 Å². The number of carbonyl (C=O) groups is 7. The number of hydrazone groups is 1. The van der Waals surface area contributed by atoms with Gasteiger partial charge in [-0.1, -0.05) is 79.4 Å². The Morgan fingerprint density at radius 2 is 1.20 bits per heavy atom. The zero-order chi connectivity index (χ0) is 58.8. The summed E-state index contributed by atoms with van der Waals surface area (Å²) < 4.78 is 0. The molecular weight excluding hydrogens is 1080 g/mol. The number of hydrogen-bond acceptors (Lipinski definition) is 13. The van der Waals surface area contributed by atoms with E-state index in [1.165, 1.54) is 22.5 Å². The van der Waals surface area contributed by atoms with Crippen molar-refractivity contribution in [3.63, 3.8) is 0 Å². The molecule has 1 aliphatic carbocycles. The van der Waals surface area contributed by atoms with E-state index in [4.69, 9.17) is 4.98 Å². The van der Waals surface area contributed by atoms with Crippen LogP contribution in [0.2, 0.25) is 0 Å². The van der Waals surface area contributed by atoms with Crippen LogP contribution in [0.4, 0.5) is 0 Å². The molecule has 22 nitrogen and oxygen atoms in total. The van der Waals surface area contributed by atoms with E-state index in [1.807, 2.05) is 47.5 Å². The fourth-order valence-electron chi connectivity index (χ4n) is 12.7. The summed E-state index contributed by atoms with van der Waals surface area (Å²) >= 11 is 0. The van der Waals surface area contributed by atoms with Crippen LogP contribution in [-0.2, 0) is 47.1 Å². The van der Waals surface area contributed by atoms with Gasteiger partial charge >= 0.3 is 0 Å². The van der Waals surface area contributed by atoms with E-state index in [9.17, 15) is 33.6 Å². The molecule has 436 valence electrons.